The van der Waals surface area contributed by atoms with E-state index in [2.05, 4.69) is 5.32 Å². The van der Waals surface area contributed by atoms with Crippen LogP contribution in [0.1, 0.15) is 20.8 Å². The fourth-order valence-corrected chi connectivity index (χ4v) is 1.33. The molecule has 0 aliphatic carbocycles. The van der Waals surface area contributed by atoms with Crippen molar-refractivity contribution in [3.05, 3.63) is 28.7 Å². The van der Waals surface area contributed by atoms with E-state index in [1.807, 2.05) is 0 Å². The van der Waals surface area contributed by atoms with Crippen LogP contribution in [0, 0.1) is 0 Å². The third kappa shape index (κ3) is 3.59. The summed E-state index contributed by atoms with van der Waals surface area (Å²) in [5.74, 6) is -0.353. The van der Waals surface area contributed by atoms with E-state index >= 15 is 0 Å². The Morgan fingerprint density at radius 1 is 1.56 bits per heavy atom. The molecular weight excluding hydrogens is 234 g/mol. The maximum absolute atomic E-state index is 11.8. The molecule has 0 saturated heterocycles. The van der Waals surface area contributed by atoms with Gasteiger partial charge >= 0.3 is 0 Å². The van der Waals surface area contributed by atoms with Crippen molar-refractivity contribution in [3.8, 4) is 0 Å². The standard InChI is InChI=1S/C12H19N3O3/c1-8(16)12(2,3)14-10(17)7-15-6-9(13)4-5-11(15)18/h4-6,8,16H,7,13H2,1-3H3,(H,14,17). The molecule has 0 fully saturated rings. The zero-order valence-electron chi connectivity index (χ0n) is 10.8. The molecule has 0 aromatic carbocycles. The summed E-state index contributed by atoms with van der Waals surface area (Å²) in [6.07, 6.45) is 0.719. The molecule has 4 N–H and O–H groups in total. The molecule has 0 bridgehead atoms. The van der Waals surface area contributed by atoms with Crippen LogP contribution in [-0.4, -0.2) is 27.2 Å². The first-order valence-corrected chi connectivity index (χ1v) is 5.67. The van der Waals surface area contributed by atoms with Crippen molar-refractivity contribution >= 4 is 11.6 Å². The van der Waals surface area contributed by atoms with Crippen molar-refractivity contribution in [2.45, 2.75) is 39.0 Å². The monoisotopic (exact) mass is 253 g/mol. The van der Waals surface area contributed by atoms with Gasteiger partial charge < -0.3 is 20.7 Å². The van der Waals surface area contributed by atoms with E-state index in [1.165, 1.54) is 22.9 Å². The highest BCUT2D eigenvalue weighted by molar-refractivity contribution is 5.76. The zero-order valence-corrected chi connectivity index (χ0v) is 10.8. The summed E-state index contributed by atoms with van der Waals surface area (Å²) in [4.78, 5) is 23.3. The summed E-state index contributed by atoms with van der Waals surface area (Å²) in [6, 6.07) is 2.79. The quantitative estimate of drug-likeness (QED) is 0.686. The molecule has 0 radical (unpaired) electrons. The molecule has 6 heteroatoms. The van der Waals surface area contributed by atoms with Gasteiger partial charge in [-0.15, -0.1) is 0 Å². The van der Waals surface area contributed by atoms with E-state index in [1.54, 1.807) is 20.8 Å². The van der Waals surface area contributed by atoms with Crippen LogP contribution >= 0.6 is 0 Å². The number of anilines is 1. The molecule has 1 amide bonds. The molecular formula is C12H19N3O3. The van der Waals surface area contributed by atoms with Gasteiger partial charge in [0.15, 0.2) is 0 Å². The number of pyridine rings is 1. The second-order valence-corrected chi connectivity index (χ2v) is 4.87. The molecule has 1 aromatic heterocycles. The number of aliphatic hydroxyl groups is 1. The van der Waals surface area contributed by atoms with Crippen molar-refractivity contribution in [3.63, 3.8) is 0 Å². The second kappa shape index (κ2) is 5.22. The van der Waals surface area contributed by atoms with E-state index < -0.39 is 11.6 Å². The average molecular weight is 253 g/mol. The zero-order chi connectivity index (χ0) is 13.9. The molecule has 1 unspecified atom stereocenters. The number of carbonyl (C=O) groups excluding carboxylic acids is 1. The smallest absolute Gasteiger partial charge is 0.251 e. The maximum Gasteiger partial charge on any atom is 0.251 e. The Hall–Kier alpha value is -1.82. The van der Waals surface area contributed by atoms with Crippen molar-refractivity contribution in [2.24, 2.45) is 0 Å². The molecule has 0 aliphatic rings. The van der Waals surface area contributed by atoms with Gasteiger partial charge in [0, 0.05) is 18.0 Å². The highest BCUT2D eigenvalue weighted by Gasteiger charge is 2.25. The third-order valence-corrected chi connectivity index (χ3v) is 2.83. The van der Waals surface area contributed by atoms with Crippen molar-refractivity contribution in [2.75, 3.05) is 5.73 Å². The Labute approximate surface area is 105 Å². The summed E-state index contributed by atoms with van der Waals surface area (Å²) in [7, 11) is 0. The number of carbonyl (C=O) groups is 1. The molecule has 1 atom stereocenters. The fraction of sp³-hybridized carbons (Fsp3) is 0.500. The molecule has 0 aliphatic heterocycles. The van der Waals surface area contributed by atoms with Gasteiger partial charge in [-0.05, 0) is 26.8 Å². The number of rotatable bonds is 4. The Balaban J connectivity index is 2.77. The SMILES string of the molecule is CC(O)C(C)(C)NC(=O)Cn1cc(N)ccc1=O. The van der Waals surface area contributed by atoms with Crippen LogP contribution in [0.15, 0.2) is 23.1 Å². The van der Waals surface area contributed by atoms with Gasteiger partial charge in [-0.3, -0.25) is 9.59 Å². The fourth-order valence-electron chi connectivity index (χ4n) is 1.33. The van der Waals surface area contributed by atoms with Gasteiger partial charge in [0.1, 0.15) is 6.54 Å². The van der Waals surface area contributed by atoms with Gasteiger partial charge in [0.05, 0.1) is 11.6 Å². The number of nitrogen functional groups attached to an aromatic ring is 1. The van der Waals surface area contributed by atoms with Crippen LogP contribution in [0.4, 0.5) is 5.69 Å². The molecule has 1 aromatic rings. The highest BCUT2D eigenvalue weighted by atomic mass is 16.3. The van der Waals surface area contributed by atoms with E-state index in [-0.39, 0.29) is 18.0 Å². The number of aromatic nitrogens is 1. The van der Waals surface area contributed by atoms with E-state index in [4.69, 9.17) is 5.73 Å². The van der Waals surface area contributed by atoms with Gasteiger partial charge in [-0.25, -0.2) is 0 Å². The maximum atomic E-state index is 11.8. The summed E-state index contributed by atoms with van der Waals surface area (Å²) < 4.78 is 1.22. The lowest BCUT2D eigenvalue weighted by Crippen LogP contribution is -2.52. The first-order chi connectivity index (χ1) is 8.22. The number of nitrogens with zero attached hydrogens (tertiary/aromatic N) is 1. The summed E-state index contributed by atoms with van der Waals surface area (Å²) in [5.41, 5.74) is 4.92. The molecule has 1 rings (SSSR count). The minimum absolute atomic E-state index is 0.125. The minimum atomic E-state index is -0.749. The summed E-state index contributed by atoms with van der Waals surface area (Å²) in [5, 5.41) is 12.2. The molecule has 6 nitrogen and oxygen atoms in total. The second-order valence-electron chi connectivity index (χ2n) is 4.87. The normalized spacial score (nSPS) is 13.1. The van der Waals surface area contributed by atoms with E-state index in [9.17, 15) is 14.7 Å². The van der Waals surface area contributed by atoms with Gasteiger partial charge in [-0.2, -0.15) is 0 Å². The Kier molecular flexibility index (Phi) is 4.13. The number of aliphatic hydroxyl groups excluding tert-OH is 1. The average Bonchev–Trinajstić information content (AvgIpc) is 2.22. The molecule has 100 valence electrons. The predicted octanol–water partition coefficient (Wildman–Crippen LogP) is -0.294. The molecule has 1 heterocycles. The summed E-state index contributed by atoms with van der Waals surface area (Å²) >= 11 is 0. The molecule has 18 heavy (non-hydrogen) atoms. The van der Waals surface area contributed by atoms with Gasteiger partial charge in [-0.1, -0.05) is 0 Å². The van der Waals surface area contributed by atoms with Crippen molar-refractivity contribution in [1.29, 1.82) is 0 Å². The van der Waals surface area contributed by atoms with Crippen LogP contribution in [0.25, 0.3) is 0 Å². The summed E-state index contributed by atoms with van der Waals surface area (Å²) in [6.45, 7) is 4.88. The van der Waals surface area contributed by atoms with Crippen molar-refractivity contribution in [1.82, 2.24) is 9.88 Å². The molecule has 0 spiro atoms. The highest BCUT2D eigenvalue weighted by Crippen LogP contribution is 2.08. The number of nitrogens with one attached hydrogen (secondary N) is 1. The lowest BCUT2D eigenvalue weighted by molar-refractivity contribution is -0.124. The first-order valence-electron chi connectivity index (χ1n) is 5.67. The molecule has 0 saturated carbocycles. The number of hydrogen-bond acceptors (Lipinski definition) is 4. The number of hydrogen-bond donors (Lipinski definition) is 3. The topological polar surface area (TPSA) is 97.3 Å². The third-order valence-electron chi connectivity index (χ3n) is 2.83. The lowest BCUT2D eigenvalue weighted by Gasteiger charge is -2.29. The Morgan fingerprint density at radius 2 is 2.17 bits per heavy atom. The largest absolute Gasteiger partial charge is 0.398 e. The van der Waals surface area contributed by atoms with Crippen LogP contribution in [-0.2, 0) is 11.3 Å². The lowest BCUT2D eigenvalue weighted by atomic mass is 9.99. The van der Waals surface area contributed by atoms with Crippen molar-refractivity contribution < 1.29 is 9.90 Å². The van der Waals surface area contributed by atoms with Crippen LogP contribution in [0.3, 0.4) is 0 Å². The number of nitrogens with two attached hydrogens (primary N) is 1. The first kappa shape index (κ1) is 14.2. The van der Waals surface area contributed by atoms with Gasteiger partial charge in [0.25, 0.3) is 5.56 Å². The van der Waals surface area contributed by atoms with Crippen LogP contribution < -0.4 is 16.6 Å². The Bertz CT molecular complexity index is 492. The van der Waals surface area contributed by atoms with Crippen LogP contribution in [0.5, 0.6) is 0 Å². The Morgan fingerprint density at radius 3 is 2.72 bits per heavy atom. The van der Waals surface area contributed by atoms with E-state index in [0.29, 0.717) is 5.69 Å². The predicted molar refractivity (Wildman–Crippen MR) is 69.0 cm³/mol. The minimum Gasteiger partial charge on any atom is -0.398 e. The number of amides is 1. The van der Waals surface area contributed by atoms with E-state index in [0.717, 1.165) is 0 Å². The van der Waals surface area contributed by atoms with Crippen LogP contribution in [0.2, 0.25) is 0 Å². The van der Waals surface area contributed by atoms with Gasteiger partial charge in [0.2, 0.25) is 5.91 Å².